The fraction of sp³-hybridized carbons (Fsp3) is 0.568. The number of primary amides is 1. The number of hydrogen-bond acceptors (Lipinski definition) is 11. The summed E-state index contributed by atoms with van der Waals surface area (Å²) in [5.74, 6) is -6.12. The molecule has 2 aliphatic rings. The van der Waals surface area contributed by atoms with Crippen LogP contribution in [0.5, 0.6) is 0 Å². The number of Topliss-reactive ketones (excluding diaryl/α,β-unsaturated/α-hetero) is 2. The zero-order chi connectivity index (χ0) is 46.8. The molecule has 0 radical (unpaired) electrons. The molecule has 2 fully saturated rings. The Balaban J connectivity index is 1.62. The maximum Gasteiger partial charge on any atom is 0.243 e. The second-order valence-electron chi connectivity index (χ2n) is 16.6. The molecule has 350 valence electrons. The number of unbranched alkanes of at least 4 members (excludes halogenated alkanes) is 1. The van der Waals surface area contributed by atoms with Gasteiger partial charge in [0.05, 0.1) is 18.4 Å². The molecule has 17 nitrogen and oxygen atoms in total. The molecule has 0 spiro atoms. The number of nitrogens with zero attached hydrogens (tertiary/aromatic N) is 2. The Labute approximate surface area is 387 Å². The number of carbonyl (C=O) groups excluding carboxylic acids is 8. The van der Waals surface area contributed by atoms with Gasteiger partial charge in [0.25, 0.3) is 0 Å². The number of nitrogens with two attached hydrogens (primary N) is 3. The third-order valence-corrected chi connectivity index (χ3v) is 13.5. The molecular formula is C44H62ClN9O8S2. The molecule has 2 aliphatic heterocycles. The van der Waals surface area contributed by atoms with Crippen LogP contribution in [0.25, 0.3) is 0 Å². The van der Waals surface area contributed by atoms with E-state index in [2.05, 4.69) is 26.3 Å². The lowest BCUT2D eigenvalue weighted by atomic mass is 9.91. The summed E-state index contributed by atoms with van der Waals surface area (Å²) in [6.45, 7) is 4.44. The van der Waals surface area contributed by atoms with E-state index >= 15 is 0 Å². The third-order valence-electron chi connectivity index (χ3n) is 11.1. The first kappa shape index (κ1) is 51.6. The Morgan fingerprint density at radius 1 is 0.906 bits per heavy atom. The van der Waals surface area contributed by atoms with Crippen LogP contribution < -0.4 is 38.5 Å². The minimum Gasteiger partial charge on any atom is -0.370 e. The van der Waals surface area contributed by atoms with E-state index in [-0.39, 0.29) is 55.5 Å². The van der Waals surface area contributed by atoms with Gasteiger partial charge in [0.2, 0.25) is 35.4 Å². The quantitative estimate of drug-likeness (QED) is 0.0818. The van der Waals surface area contributed by atoms with Crippen LogP contribution in [0.2, 0.25) is 5.02 Å². The minimum atomic E-state index is -1.43. The molecule has 2 saturated heterocycles. The van der Waals surface area contributed by atoms with Gasteiger partial charge in [-0.1, -0.05) is 43.6 Å². The Bertz CT molecular complexity index is 1960. The topological polar surface area (TPSA) is 278 Å². The van der Waals surface area contributed by atoms with Crippen LogP contribution >= 0.6 is 34.7 Å². The predicted molar refractivity (Wildman–Crippen MR) is 248 cm³/mol. The Hall–Kier alpha value is -5.01. The second-order valence-corrected chi connectivity index (χ2v) is 19.2. The van der Waals surface area contributed by atoms with Crippen LogP contribution in [0.3, 0.4) is 0 Å². The number of aliphatic imine (C=N–C) groups is 1. The summed E-state index contributed by atoms with van der Waals surface area (Å²) < 4.78 is 0. The number of amides is 6. The molecule has 6 atom stereocenters. The highest BCUT2D eigenvalue weighted by Crippen LogP contribution is 2.26. The lowest BCUT2D eigenvalue weighted by molar-refractivity contribution is -0.142. The number of benzene rings is 1. The third kappa shape index (κ3) is 16.8. The van der Waals surface area contributed by atoms with Crippen LogP contribution in [0.15, 0.2) is 46.8 Å². The molecule has 64 heavy (non-hydrogen) atoms. The van der Waals surface area contributed by atoms with E-state index in [4.69, 9.17) is 28.8 Å². The maximum absolute atomic E-state index is 14.4. The number of hydrogen-bond donors (Lipinski definition) is 7. The van der Waals surface area contributed by atoms with Crippen LogP contribution in [0.4, 0.5) is 0 Å². The summed E-state index contributed by atoms with van der Waals surface area (Å²) >= 11 is 8.88. The summed E-state index contributed by atoms with van der Waals surface area (Å²) in [5, 5.41) is 13.5. The number of guanidine groups is 1. The van der Waals surface area contributed by atoms with E-state index < -0.39 is 83.7 Å². The Morgan fingerprint density at radius 3 is 2.31 bits per heavy atom. The summed E-state index contributed by atoms with van der Waals surface area (Å²) in [7, 11) is 0. The first-order chi connectivity index (χ1) is 30.5. The van der Waals surface area contributed by atoms with Gasteiger partial charge in [-0.3, -0.25) is 43.3 Å². The zero-order valence-corrected chi connectivity index (χ0v) is 38.9. The molecule has 0 saturated carbocycles. The lowest BCUT2D eigenvalue weighted by Crippen LogP contribution is -2.58. The number of likely N-dealkylation sites (tertiary alicyclic amines) is 1. The lowest BCUT2D eigenvalue weighted by Gasteiger charge is -2.30. The molecule has 10 N–H and O–H groups in total. The van der Waals surface area contributed by atoms with Crippen LogP contribution in [-0.2, 0) is 51.2 Å². The predicted octanol–water partition coefficient (Wildman–Crippen LogP) is 2.01. The fourth-order valence-corrected chi connectivity index (χ4v) is 9.61. The van der Waals surface area contributed by atoms with Crippen molar-refractivity contribution in [3.05, 3.63) is 57.2 Å². The average molecular weight is 945 g/mol. The van der Waals surface area contributed by atoms with Gasteiger partial charge in [-0.15, -0.1) is 11.3 Å². The maximum atomic E-state index is 14.4. The van der Waals surface area contributed by atoms with Gasteiger partial charge in [0.1, 0.15) is 23.9 Å². The minimum absolute atomic E-state index is 0.0142. The first-order valence-corrected chi connectivity index (χ1v) is 24.2. The Morgan fingerprint density at radius 2 is 1.64 bits per heavy atom. The second kappa shape index (κ2) is 26.1. The van der Waals surface area contributed by atoms with Crippen molar-refractivity contribution in [3.63, 3.8) is 0 Å². The van der Waals surface area contributed by atoms with Gasteiger partial charge in [0, 0.05) is 66.9 Å². The first-order valence-electron chi connectivity index (χ1n) is 21.7. The number of ketones is 2. The molecule has 0 unspecified atom stereocenters. The smallest absolute Gasteiger partial charge is 0.243 e. The standard InChI is InChI=1S/C44H62ClN9O8S2/c1-26(2)38-42(61)51-33(24-37(46)57)36(56)22-29(43(62)54-17-5-10-35(54)41(60)49-15-3-4-16-50-44(47)48)25-63-18-6-8-31(55)21-28(20-27-11-13-30(45)14-12-27)39(58)52-34(40(59)53-38)23-32-9-7-19-64-32/h7,9,11-14,19,26,28-29,33-35,38H,3-6,8,10,15-18,20-25H2,1-2H3,(H2,46,57)(H,49,60)(H,51,61)(H,52,58)(H,53,59)(H4,47,48,50)/t28-,29+,33+,34+,35+,38+/m1/s1. The van der Waals surface area contributed by atoms with Crippen LogP contribution in [-0.4, -0.2) is 113 Å². The van der Waals surface area contributed by atoms with Crippen molar-refractivity contribution < 1.29 is 38.4 Å². The monoisotopic (exact) mass is 943 g/mol. The van der Waals surface area contributed by atoms with Crippen molar-refractivity contribution in [2.24, 2.45) is 39.9 Å². The average Bonchev–Trinajstić information content (AvgIpc) is 3.95. The van der Waals surface area contributed by atoms with E-state index in [0.717, 1.165) is 10.4 Å². The van der Waals surface area contributed by atoms with E-state index in [9.17, 15) is 38.4 Å². The van der Waals surface area contributed by atoms with Crippen molar-refractivity contribution in [3.8, 4) is 0 Å². The number of thioether (sulfide) groups is 1. The highest BCUT2D eigenvalue weighted by atomic mass is 35.5. The van der Waals surface area contributed by atoms with Gasteiger partial charge in [-0.05, 0) is 79.3 Å². The van der Waals surface area contributed by atoms with E-state index in [1.807, 2.05) is 17.5 Å². The summed E-state index contributed by atoms with van der Waals surface area (Å²) in [6.07, 6.45) is 2.04. The zero-order valence-electron chi connectivity index (χ0n) is 36.5. The molecule has 4 rings (SSSR count). The SMILES string of the molecule is CC(C)[C@@H]1NC(=O)[C@H](Cc2cccs2)NC(=O)[C@H](Cc2ccc(Cl)cc2)CC(=O)CCCSC[C@@H](C(=O)N2CCC[C@H]2C(=O)NCCCCN=C(N)N)CC(=O)[C@H](CC(N)=O)NC1=O. The van der Waals surface area contributed by atoms with Crippen molar-refractivity contribution >= 4 is 87.7 Å². The van der Waals surface area contributed by atoms with Crippen LogP contribution in [0.1, 0.15) is 82.1 Å². The molecule has 1 aromatic heterocycles. The molecule has 2 aromatic rings. The number of nitrogens with one attached hydrogen (secondary N) is 4. The molecular weight excluding hydrogens is 882 g/mol. The largest absolute Gasteiger partial charge is 0.370 e. The Kier molecular flexibility index (Phi) is 21.0. The number of carbonyl (C=O) groups is 8. The van der Waals surface area contributed by atoms with Gasteiger partial charge in [-0.25, -0.2) is 0 Å². The van der Waals surface area contributed by atoms with Gasteiger partial charge < -0.3 is 43.4 Å². The molecule has 3 heterocycles. The molecule has 1 aromatic carbocycles. The highest BCUT2D eigenvalue weighted by molar-refractivity contribution is 7.99. The molecule has 0 aliphatic carbocycles. The van der Waals surface area contributed by atoms with Crippen molar-refractivity contribution in [2.75, 3.05) is 31.1 Å². The normalized spacial score (nSPS) is 23.4. The molecule has 6 amide bonds. The molecule has 20 heteroatoms. The van der Waals surface area contributed by atoms with Crippen molar-refractivity contribution in [1.29, 1.82) is 0 Å². The molecule has 0 bridgehead atoms. The van der Waals surface area contributed by atoms with Gasteiger partial charge in [-0.2, -0.15) is 11.8 Å². The van der Waals surface area contributed by atoms with Crippen LogP contribution in [0, 0.1) is 17.8 Å². The summed E-state index contributed by atoms with van der Waals surface area (Å²) in [4.78, 5) is 116. The highest BCUT2D eigenvalue weighted by Gasteiger charge is 2.39. The number of rotatable bonds is 14. The van der Waals surface area contributed by atoms with E-state index in [1.165, 1.54) is 28.0 Å². The van der Waals surface area contributed by atoms with E-state index in [0.29, 0.717) is 62.5 Å². The van der Waals surface area contributed by atoms with E-state index in [1.54, 1.807) is 38.1 Å². The van der Waals surface area contributed by atoms with Gasteiger partial charge in [0.15, 0.2) is 11.7 Å². The van der Waals surface area contributed by atoms with Crippen molar-refractivity contribution in [2.45, 2.75) is 109 Å². The van der Waals surface area contributed by atoms with Crippen molar-refractivity contribution in [1.82, 2.24) is 26.2 Å². The summed E-state index contributed by atoms with van der Waals surface area (Å²) in [6, 6.07) is 6.02. The number of halogens is 1. The van der Waals surface area contributed by atoms with Gasteiger partial charge >= 0.3 is 0 Å². The fourth-order valence-electron chi connectivity index (χ4n) is 7.68. The summed E-state index contributed by atoms with van der Waals surface area (Å²) in [5.41, 5.74) is 17.1. The number of thiophene rings is 1.